The number of carbonyl (C=O) groups is 1. The minimum atomic E-state index is -0.284. The Kier molecular flexibility index (Phi) is 4.12. The standard InChI is InChI=1S/C22H19N3O2/c1-13-9-14(2)21(26)18(10-13)19-12-20(25-24-19)22(27)23-17-8-7-15-5-3-4-6-16(15)11-17/h3-12,26H,1-2H3,(H,23,27)(H,24,25). The molecule has 1 aromatic heterocycles. The van der Waals surface area contributed by atoms with Gasteiger partial charge in [-0.1, -0.05) is 36.4 Å². The molecule has 0 aliphatic rings. The van der Waals surface area contributed by atoms with Crippen LogP contribution in [0.15, 0.2) is 60.7 Å². The van der Waals surface area contributed by atoms with E-state index in [1.807, 2.05) is 68.4 Å². The van der Waals surface area contributed by atoms with Gasteiger partial charge in [-0.15, -0.1) is 0 Å². The van der Waals surface area contributed by atoms with E-state index in [-0.39, 0.29) is 11.7 Å². The number of aromatic hydroxyl groups is 1. The first kappa shape index (κ1) is 16.8. The molecule has 4 rings (SSSR count). The predicted octanol–water partition coefficient (Wildman–Crippen LogP) is 4.80. The maximum absolute atomic E-state index is 12.6. The van der Waals surface area contributed by atoms with E-state index in [4.69, 9.17) is 0 Å². The number of nitrogens with one attached hydrogen (secondary N) is 2. The maximum Gasteiger partial charge on any atom is 0.273 e. The molecule has 1 heterocycles. The van der Waals surface area contributed by atoms with Crippen LogP contribution in [0.25, 0.3) is 22.0 Å². The lowest BCUT2D eigenvalue weighted by atomic mass is 10.0. The van der Waals surface area contributed by atoms with E-state index in [0.717, 1.165) is 21.9 Å². The number of benzene rings is 3. The van der Waals surface area contributed by atoms with E-state index in [0.29, 0.717) is 22.6 Å². The Hall–Kier alpha value is -3.60. The van der Waals surface area contributed by atoms with Crippen LogP contribution < -0.4 is 5.32 Å². The summed E-state index contributed by atoms with van der Waals surface area (Å²) in [6.07, 6.45) is 0. The van der Waals surface area contributed by atoms with Gasteiger partial charge in [0.2, 0.25) is 0 Å². The molecular weight excluding hydrogens is 338 g/mol. The van der Waals surface area contributed by atoms with Crippen molar-refractivity contribution in [2.45, 2.75) is 13.8 Å². The van der Waals surface area contributed by atoms with Gasteiger partial charge in [0.05, 0.1) is 5.69 Å². The number of phenolic OH excluding ortho intramolecular Hbond substituents is 1. The molecule has 0 aliphatic carbocycles. The van der Waals surface area contributed by atoms with Gasteiger partial charge in [0, 0.05) is 11.3 Å². The molecule has 27 heavy (non-hydrogen) atoms. The summed E-state index contributed by atoms with van der Waals surface area (Å²) in [6.45, 7) is 3.79. The second-order valence-electron chi connectivity index (χ2n) is 6.66. The third-order valence-corrected chi connectivity index (χ3v) is 4.55. The van der Waals surface area contributed by atoms with Crippen LogP contribution in [-0.2, 0) is 0 Å². The van der Waals surface area contributed by atoms with Gasteiger partial charge in [-0.05, 0) is 60.0 Å². The Labute approximate surface area is 156 Å². The van der Waals surface area contributed by atoms with Crippen molar-refractivity contribution < 1.29 is 9.90 Å². The second-order valence-corrected chi connectivity index (χ2v) is 6.66. The number of carbonyl (C=O) groups excluding carboxylic acids is 1. The minimum Gasteiger partial charge on any atom is -0.507 e. The third kappa shape index (κ3) is 3.27. The average molecular weight is 357 g/mol. The summed E-state index contributed by atoms with van der Waals surface area (Å²) >= 11 is 0. The second kappa shape index (κ2) is 6.61. The summed E-state index contributed by atoms with van der Waals surface area (Å²) < 4.78 is 0. The zero-order valence-corrected chi connectivity index (χ0v) is 15.1. The molecule has 0 unspecified atom stereocenters. The van der Waals surface area contributed by atoms with Gasteiger partial charge in [-0.25, -0.2) is 0 Å². The summed E-state index contributed by atoms with van der Waals surface area (Å²) in [5, 5.41) is 22.3. The number of phenols is 1. The topological polar surface area (TPSA) is 78.0 Å². The van der Waals surface area contributed by atoms with Gasteiger partial charge >= 0.3 is 0 Å². The quantitative estimate of drug-likeness (QED) is 0.493. The molecule has 0 saturated carbocycles. The van der Waals surface area contributed by atoms with Crippen molar-refractivity contribution in [3.63, 3.8) is 0 Å². The average Bonchev–Trinajstić information content (AvgIpc) is 3.14. The SMILES string of the molecule is Cc1cc(C)c(O)c(-c2cc(C(=O)Nc3ccc4ccccc4c3)[nH]n2)c1. The first-order valence-corrected chi connectivity index (χ1v) is 8.67. The van der Waals surface area contributed by atoms with E-state index in [1.165, 1.54) is 0 Å². The van der Waals surface area contributed by atoms with E-state index < -0.39 is 0 Å². The van der Waals surface area contributed by atoms with E-state index >= 15 is 0 Å². The number of aryl methyl sites for hydroxylation is 2. The van der Waals surface area contributed by atoms with Crippen LogP contribution in [0.3, 0.4) is 0 Å². The highest BCUT2D eigenvalue weighted by Gasteiger charge is 2.15. The molecule has 5 heteroatoms. The lowest BCUT2D eigenvalue weighted by Gasteiger charge is -2.06. The summed E-state index contributed by atoms with van der Waals surface area (Å²) in [5.41, 5.74) is 3.97. The van der Waals surface area contributed by atoms with Gasteiger partial charge in [-0.3, -0.25) is 9.89 Å². The first-order valence-electron chi connectivity index (χ1n) is 8.67. The molecule has 0 radical (unpaired) electrons. The molecule has 3 N–H and O–H groups in total. The molecule has 4 aromatic rings. The number of amides is 1. The van der Waals surface area contributed by atoms with Crippen molar-refractivity contribution in [2.24, 2.45) is 0 Å². The number of hydrogen-bond donors (Lipinski definition) is 3. The molecule has 5 nitrogen and oxygen atoms in total. The monoisotopic (exact) mass is 357 g/mol. The number of aromatic nitrogens is 2. The van der Waals surface area contributed by atoms with Gasteiger partial charge in [0.1, 0.15) is 11.4 Å². The first-order chi connectivity index (χ1) is 13.0. The Morgan fingerprint density at radius 2 is 1.78 bits per heavy atom. The number of nitrogens with zero attached hydrogens (tertiary/aromatic N) is 1. The molecule has 0 bridgehead atoms. The Balaban J connectivity index is 1.60. The maximum atomic E-state index is 12.6. The van der Waals surface area contributed by atoms with Crippen molar-refractivity contribution in [3.05, 3.63) is 77.5 Å². The minimum absolute atomic E-state index is 0.175. The fraction of sp³-hybridized carbons (Fsp3) is 0.0909. The summed E-state index contributed by atoms with van der Waals surface area (Å²) in [5.74, 6) is -0.110. The zero-order valence-electron chi connectivity index (χ0n) is 15.1. The van der Waals surface area contributed by atoms with Crippen LogP contribution in [0, 0.1) is 13.8 Å². The largest absolute Gasteiger partial charge is 0.507 e. The van der Waals surface area contributed by atoms with Crippen molar-refractivity contribution in [3.8, 4) is 17.0 Å². The van der Waals surface area contributed by atoms with Gasteiger partial charge in [0.25, 0.3) is 5.91 Å². The van der Waals surface area contributed by atoms with Crippen LogP contribution >= 0.6 is 0 Å². The van der Waals surface area contributed by atoms with E-state index in [1.54, 1.807) is 6.07 Å². The number of H-pyrrole nitrogens is 1. The molecule has 0 aliphatic heterocycles. The number of anilines is 1. The summed E-state index contributed by atoms with van der Waals surface area (Å²) in [4.78, 5) is 12.6. The molecular formula is C22H19N3O2. The molecule has 3 aromatic carbocycles. The Bertz CT molecular complexity index is 1160. The molecule has 0 spiro atoms. The van der Waals surface area contributed by atoms with Crippen LogP contribution in [0.5, 0.6) is 5.75 Å². The third-order valence-electron chi connectivity index (χ3n) is 4.55. The Morgan fingerprint density at radius 1 is 1.00 bits per heavy atom. The normalized spacial score (nSPS) is 10.9. The van der Waals surface area contributed by atoms with Crippen molar-refractivity contribution in [1.82, 2.24) is 10.2 Å². The summed E-state index contributed by atoms with van der Waals surface area (Å²) in [7, 11) is 0. The number of fused-ring (bicyclic) bond motifs is 1. The van der Waals surface area contributed by atoms with Crippen LogP contribution in [0.1, 0.15) is 21.6 Å². The van der Waals surface area contributed by atoms with E-state index in [9.17, 15) is 9.90 Å². The number of aromatic amines is 1. The molecule has 0 saturated heterocycles. The molecule has 0 atom stereocenters. The molecule has 1 amide bonds. The molecule has 134 valence electrons. The zero-order chi connectivity index (χ0) is 19.0. The van der Waals surface area contributed by atoms with E-state index in [2.05, 4.69) is 15.5 Å². The lowest BCUT2D eigenvalue weighted by molar-refractivity contribution is 0.102. The number of rotatable bonds is 3. The fourth-order valence-electron chi connectivity index (χ4n) is 3.20. The fourth-order valence-corrected chi connectivity index (χ4v) is 3.20. The Morgan fingerprint density at radius 3 is 2.59 bits per heavy atom. The highest BCUT2D eigenvalue weighted by atomic mass is 16.3. The molecule has 0 fully saturated rings. The van der Waals surface area contributed by atoms with Crippen molar-refractivity contribution >= 4 is 22.4 Å². The summed E-state index contributed by atoms with van der Waals surface area (Å²) in [6, 6.07) is 19.1. The van der Waals surface area contributed by atoms with Crippen molar-refractivity contribution in [1.29, 1.82) is 0 Å². The predicted molar refractivity (Wildman–Crippen MR) is 107 cm³/mol. The van der Waals surface area contributed by atoms with Gasteiger partial charge in [-0.2, -0.15) is 5.10 Å². The smallest absolute Gasteiger partial charge is 0.273 e. The lowest BCUT2D eigenvalue weighted by Crippen LogP contribution is -2.12. The highest BCUT2D eigenvalue weighted by Crippen LogP contribution is 2.32. The van der Waals surface area contributed by atoms with Crippen molar-refractivity contribution in [2.75, 3.05) is 5.32 Å². The van der Waals surface area contributed by atoms with Crippen LogP contribution in [-0.4, -0.2) is 21.2 Å². The van der Waals surface area contributed by atoms with Gasteiger partial charge in [0.15, 0.2) is 0 Å². The van der Waals surface area contributed by atoms with Gasteiger partial charge < -0.3 is 10.4 Å². The number of hydrogen-bond acceptors (Lipinski definition) is 3. The van der Waals surface area contributed by atoms with Crippen LogP contribution in [0.2, 0.25) is 0 Å². The van der Waals surface area contributed by atoms with Crippen LogP contribution in [0.4, 0.5) is 5.69 Å². The highest BCUT2D eigenvalue weighted by molar-refractivity contribution is 6.04.